The van der Waals surface area contributed by atoms with Crippen LogP contribution in [0.1, 0.15) is 46.5 Å². The maximum absolute atomic E-state index is 11.0. The summed E-state index contributed by atoms with van der Waals surface area (Å²) in [5, 5.41) is 2.94. The van der Waals surface area contributed by atoms with Crippen molar-refractivity contribution in [2.75, 3.05) is 0 Å². The van der Waals surface area contributed by atoms with Crippen LogP contribution in [0.2, 0.25) is 0 Å². The predicted octanol–water partition coefficient (Wildman–Crippen LogP) is 2.89. The van der Waals surface area contributed by atoms with Gasteiger partial charge in [0.2, 0.25) is 5.91 Å². The van der Waals surface area contributed by atoms with E-state index in [1.165, 1.54) is 18.9 Å². The van der Waals surface area contributed by atoms with Gasteiger partial charge in [0, 0.05) is 6.04 Å². The zero-order valence-corrected chi connectivity index (χ0v) is 9.68. The maximum Gasteiger partial charge on any atom is 0.243 e. The largest absolute Gasteiger partial charge is 0.350 e. The zero-order chi connectivity index (χ0) is 11.0. The normalized spacial score (nSPS) is 25.6. The van der Waals surface area contributed by atoms with Crippen molar-refractivity contribution in [1.82, 2.24) is 5.32 Å². The van der Waals surface area contributed by atoms with Crippen LogP contribution in [-0.2, 0) is 4.79 Å². The highest BCUT2D eigenvalue weighted by Gasteiger charge is 2.19. The molecule has 0 aromatic rings. The van der Waals surface area contributed by atoms with E-state index >= 15 is 0 Å². The fourth-order valence-electron chi connectivity index (χ4n) is 1.83. The second kappa shape index (κ2) is 7.60. The van der Waals surface area contributed by atoms with Crippen molar-refractivity contribution in [1.29, 1.82) is 0 Å². The molecule has 1 fully saturated rings. The fraction of sp³-hybridized carbons (Fsp3) is 0.750. The summed E-state index contributed by atoms with van der Waals surface area (Å²) in [5.41, 5.74) is 0. The van der Waals surface area contributed by atoms with Crippen molar-refractivity contribution >= 4 is 5.91 Å². The Morgan fingerprint density at radius 2 is 2.07 bits per heavy atom. The molecule has 0 aromatic carbocycles. The quantitative estimate of drug-likeness (QED) is 0.678. The maximum atomic E-state index is 11.0. The highest BCUT2D eigenvalue weighted by Crippen LogP contribution is 2.23. The summed E-state index contributed by atoms with van der Waals surface area (Å²) in [6.07, 6.45) is 6.15. The van der Waals surface area contributed by atoms with Crippen LogP contribution in [0.5, 0.6) is 0 Å². The van der Waals surface area contributed by atoms with Crippen LogP contribution in [0.4, 0.5) is 0 Å². The summed E-state index contributed by atoms with van der Waals surface area (Å²) < 4.78 is 0. The molecule has 2 unspecified atom stereocenters. The Bertz CT molecular complexity index is 177. The molecule has 1 N–H and O–H groups in total. The van der Waals surface area contributed by atoms with Gasteiger partial charge >= 0.3 is 0 Å². The molecular weight excluding hydrogens is 174 g/mol. The fourth-order valence-corrected chi connectivity index (χ4v) is 1.83. The van der Waals surface area contributed by atoms with Gasteiger partial charge in [-0.15, -0.1) is 0 Å². The molecule has 1 aliphatic rings. The van der Waals surface area contributed by atoms with E-state index < -0.39 is 0 Å². The lowest BCUT2D eigenvalue weighted by Gasteiger charge is -2.26. The van der Waals surface area contributed by atoms with Crippen LogP contribution in [0.3, 0.4) is 0 Å². The Balaban J connectivity index is 0.000000791. The average molecular weight is 197 g/mol. The van der Waals surface area contributed by atoms with Crippen LogP contribution in [0.15, 0.2) is 12.7 Å². The molecule has 2 nitrogen and oxygen atoms in total. The first-order valence-electron chi connectivity index (χ1n) is 5.65. The average Bonchev–Trinajstić information content (AvgIpc) is 2.21. The van der Waals surface area contributed by atoms with Crippen LogP contribution < -0.4 is 5.32 Å². The van der Waals surface area contributed by atoms with Crippen molar-refractivity contribution in [2.24, 2.45) is 5.92 Å². The van der Waals surface area contributed by atoms with E-state index in [-0.39, 0.29) is 5.91 Å². The second-order valence-electron chi connectivity index (χ2n) is 3.68. The van der Waals surface area contributed by atoms with Gasteiger partial charge in [-0.05, 0) is 24.8 Å². The molecule has 1 saturated carbocycles. The minimum atomic E-state index is -0.0332. The van der Waals surface area contributed by atoms with Gasteiger partial charge in [-0.1, -0.05) is 40.2 Å². The molecule has 0 saturated heterocycles. The summed E-state index contributed by atoms with van der Waals surface area (Å²) in [7, 11) is 0. The molecule has 0 bridgehead atoms. The van der Waals surface area contributed by atoms with Gasteiger partial charge in [-0.3, -0.25) is 4.79 Å². The Morgan fingerprint density at radius 1 is 1.43 bits per heavy atom. The monoisotopic (exact) mass is 197 g/mol. The Kier molecular flexibility index (Phi) is 7.17. The van der Waals surface area contributed by atoms with Gasteiger partial charge in [0.05, 0.1) is 0 Å². The number of carbonyl (C=O) groups excluding carboxylic acids is 1. The van der Waals surface area contributed by atoms with Crippen LogP contribution >= 0.6 is 0 Å². The van der Waals surface area contributed by atoms with Crippen molar-refractivity contribution in [3.05, 3.63) is 12.7 Å². The summed E-state index contributed by atoms with van der Waals surface area (Å²) in [5.74, 6) is 0.725. The number of amides is 1. The Hall–Kier alpha value is -0.790. The van der Waals surface area contributed by atoms with E-state index in [1.54, 1.807) is 0 Å². The van der Waals surface area contributed by atoms with E-state index in [1.807, 2.05) is 13.8 Å². The van der Waals surface area contributed by atoms with Crippen molar-refractivity contribution in [3.8, 4) is 0 Å². The molecule has 2 atom stereocenters. The molecule has 1 aliphatic carbocycles. The number of rotatable bonds is 2. The smallest absolute Gasteiger partial charge is 0.243 e. The van der Waals surface area contributed by atoms with E-state index in [4.69, 9.17) is 0 Å². The molecule has 0 heterocycles. The molecule has 0 spiro atoms. The van der Waals surface area contributed by atoms with Crippen molar-refractivity contribution in [2.45, 2.75) is 52.5 Å². The number of nitrogens with one attached hydrogen (secondary N) is 1. The predicted molar refractivity (Wildman–Crippen MR) is 61.1 cm³/mol. The minimum Gasteiger partial charge on any atom is -0.350 e. The van der Waals surface area contributed by atoms with E-state index in [0.717, 1.165) is 18.8 Å². The molecule has 14 heavy (non-hydrogen) atoms. The third-order valence-electron chi connectivity index (χ3n) is 2.47. The summed E-state index contributed by atoms with van der Waals surface area (Å²) in [6, 6.07) is 0.388. The molecule has 0 aliphatic heterocycles. The summed E-state index contributed by atoms with van der Waals surface area (Å²) >= 11 is 0. The Labute approximate surface area is 87.8 Å². The van der Waals surface area contributed by atoms with Crippen molar-refractivity contribution in [3.63, 3.8) is 0 Å². The molecule has 1 amide bonds. The molecule has 0 radical (unpaired) electrons. The SMILES string of the molecule is C=CC(=O)NC1CCCC(C)C1.CC. The van der Waals surface area contributed by atoms with Crippen LogP contribution in [-0.4, -0.2) is 11.9 Å². The van der Waals surface area contributed by atoms with Crippen molar-refractivity contribution < 1.29 is 4.79 Å². The van der Waals surface area contributed by atoms with Gasteiger partial charge in [-0.2, -0.15) is 0 Å². The van der Waals surface area contributed by atoms with E-state index in [0.29, 0.717) is 6.04 Å². The molecule has 1 rings (SSSR count). The molecule has 2 heteroatoms. The van der Waals surface area contributed by atoms with E-state index in [2.05, 4.69) is 18.8 Å². The lowest BCUT2D eigenvalue weighted by molar-refractivity contribution is -0.117. The van der Waals surface area contributed by atoms with Gasteiger partial charge in [-0.25, -0.2) is 0 Å². The van der Waals surface area contributed by atoms with Crippen LogP contribution in [0, 0.1) is 5.92 Å². The summed E-state index contributed by atoms with van der Waals surface area (Å²) in [4.78, 5) is 11.0. The first kappa shape index (κ1) is 13.2. The number of hydrogen-bond donors (Lipinski definition) is 1. The lowest BCUT2D eigenvalue weighted by Crippen LogP contribution is -2.36. The first-order chi connectivity index (χ1) is 6.72. The third-order valence-corrected chi connectivity index (χ3v) is 2.47. The highest BCUT2D eigenvalue weighted by molar-refractivity contribution is 5.87. The van der Waals surface area contributed by atoms with Gasteiger partial charge < -0.3 is 5.32 Å². The van der Waals surface area contributed by atoms with Gasteiger partial charge in [0.25, 0.3) is 0 Å². The minimum absolute atomic E-state index is 0.0332. The molecular formula is C12H23NO. The van der Waals surface area contributed by atoms with Gasteiger partial charge in [0.15, 0.2) is 0 Å². The van der Waals surface area contributed by atoms with Crippen LogP contribution in [0.25, 0.3) is 0 Å². The number of carbonyl (C=O) groups is 1. The molecule has 0 aromatic heterocycles. The second-order valence-corrected chi connectivity index (χ2v) is 3.68. The summed E-state index contributed by atoms with van der Waals surface area (Å²) in [6.45, 7) is 9.68. The molecule has 82 valence electrons. The highest BCUT2D eigenvalue weighted by atomic mass is 16.1. The standard InChI is InChI=1S/C10H17NO.C2H6/c1-3-10(12)11-9-6-4-5-8(2)7-9;1-2/h3,8-9H,1,4-7H2,2H3,(H,11,12);1-2H3. The Morgan fingerprint density at radius 3 is 2.57 bits per heavy atom. The number of hydrogen-bond acceptors (Lipinski definition) is 1. The zero-order valence-electron chi connectivity index (χ0n) is 9.68. The first-order valence-corrected chi connectivity index (χ1v) is 5.65. The topological polar surface area (TPSA) is 29.1 Å². The lowest BCUT2D eigenvalue weighted by atomic mass is 9.87. The van der Waals surface area contributed by atoms with E-state index in [9.17, 15) is 4.79 Å². The van der Waals surface area contributed by atoms with Gasteiger partial charge in [0.1, 0.15) is 0 Å². The third kappa shape index (κ3) is 5.05.